The maximum Gasteiger partial charge on any atom is 0.356 e. The van der Waals surface area contributed by atoms with Crippen molar-refractivity contribution < 1.29 is 23.6 Å². The van der Waals surface area contributed by atoms with Gasteiger partial charge in [0.05, 0.1) is 25.4 Å². The lowest BCUT2D eigenvalue weighted by Gasteiger charge is -2.15. The lowest BCUT2D eigenvalue weighted by atomic mass is 10.2. The van der Waals surface area contributed by atoms with Crippen LogP contribution >= 0.6 is 0 Å². The molecule has 0 aliphatic rings. The van der Waals surface area contributed by atoms with E-state index < -0.39 is 11.8 Å². The van der Waals surface area contributed by atoms with Crippen LogP contribution in [0.5, 0.6) is 0 Å². The van der Waals surface area contributed by atoms with Crippen LogP contribution in [0, 0.1) is 5.82 Å². The number of rotatable bonds is 7. The minimum absolute atomic E-state index is 0.125. The van der Waals surface area contributed by atoms with E-state index in [-0.39, 0.29) is 30.4 Å². The maximum atomic E-state index is 13.6. The van der Waals surface area contributed by atoms with Crippen molar-refractivity contribution in [1.29, 1.82) is 0 Å². The fraction of sp³-hybridized carbons (Fsp3) is 0.412. The molecular weight excluding hydrogens is 313 g/mol. The average Bonchev–Trinajstić information content (AvgIpc) is 2.91. The number of amides is 1. The van der Waals surface area contributed by atoms with Crippen LogP contribution in [-0.2, 0) is 9.53 Å². The topological polar surface area (TPSA) is 75.6 Å². The normalized spacial score (nSPS) is 11.0. The minimum Gasteiger partial charge on any atom is -0.461 e. The predicted octanol–water partition coefficient (Wildman–Crippen LogP) is 1.35. The van der Waals surface area contributed by atoms with E-state index in [0.717, 1.165) is 18.0 Å². The van der Waals surface area contributed by atoms with Crippen molar-refractivity contribution in [2.45, 2.75) is 20.8 Å². The van der Waals surface area contributed by atoms with Crippen LogP contribution in [-0.4, -0.2) is 43.1 Å². The summed E-state index contributed by atoms with van der Waals surface area (Å²) in [6.07, 6.45) is 0. The number of likely N-dealkylation sites (N-methyl/N-ethyl adjacent to an activating group) is 1. The van der Waals surface area contributed by atoms with Gasteiger partial charge in [-0.05, 0) is 39.0 Å². The molecule has 1 aromatic heterocycles. The van der Waals surface area contributed by atoms with Crippen LogP contribution < -0.4 is 10.2 Å². The van der Waals surface area contributed by atoms with Crippen molar-refractivity contribution >= 4 is 28.5 Å². The van der Waals surface area contributed by atoms with E-state index in [1.807, 2.05) is 13.8 Å². The molecule has 3 N–H and O–H groups in total. The number of hydrogen-bond acceptors (Lipinski definition) is 3. The van der Waals surface area contributed by atoms with E-state index in [1.54, 1.807) is 6.92 Å². The molecule has 0 fully saturated rings. The van der Waals surface area contributed by atoms with E-state index in [0.29, 0.717) is 10.9 Å². The zero-order valence-corrected chi connectivity index (χ0v) is 14.2. The van der Waals surface area contributed by atoms with Crippen LogP contribution in [0.3, 0.4) is 0 Å². The van der Waals surface area contributed by atoms with Crippen molar-refractivity contribution in [3.8, 4) is 0 Å². The number of anilines is 1. The molecule has 1 amide bonds. The van der Waals surface area contributed by atoms with Crippen LogP contribution in [0.1, 0.15) is 31.3 Å². The van der Waals surface area contributed by atoms with Crippen molar-refractivity contribution in [3.63, 3.8) is 0 Å². The molecule has 6 nitrogen and oxygen atoms in total. The molecule has 24 heavy (non-hydrogen) atoms. The number of fused-ring (bicyclic) bond motifs is 1. The second-order valence-corrected chi connectivity index (χ2v) is 5.47. The highest BCUT2D eigenvalue weighted by atomic mass is 19.1. The van der Waals surface area contributed by atoms with Gasteiger partial charge in [-0.2, -0.15) is 0 Å². The zero-order valence-electron chi connectivity index (χ0n) is 14.2. The molecule has 130 valence electrons. The summed E-state index contributed by atoms with van der Waals surface area (Å²) in [4.78, 5) is 28.4. The second kappa shape index (κ2) is 7.92. The molecule has 0 aliphatic heterocycles. The quantitative estimate of drug-likeness (QED) is 0.668. The molecule has 0 saturated heterocycles. The number of benzene rings is 1. The maximum absolute atomic E-state index is 13.6. The summed E-state index contributed by atoms with van der Waals surface area (Å²) in [5.41, 5.74) is 0.949. The molecule has 2 rings (SSSR count). The third-order valence-electron chi connectivity index (χ3n) is 3.92. The fourth-order valence-corrected chi connectivity index (χ4v) is 2.56. The Balaban J connectivity index is 2.38. The van der Waals surface area contributed by atoms with Gasteiger partial charge >= 0.3 is 5.97 Å². The number of ether oxygens (including phenoxy) is 1. The Morgan fingerprint density at radius 3 is 2.58 bits per heavy atom. The first-order chi connectivity index (χ1) is 11.5. The van der Waals surface area contributed by atoms with E-state index in [9.17, 15) is 14.0 Å². The van der Waals surface area contributed by atoms with Crippen LogP contribution in [0.15, 0.2) is 18.2 Å². The highest BCUT2D eigenvalue weighted by Crippen LogP contribution is 2.29. The van der Waals surface area contributed by atoms with Crippen molar-refractivity contribution in [2.75, 3.05) is 31.6 Å². The average molecular weight is 336 g/mol. The number of hydrogen-bond donors (Lipinski definition) is 3. The van der Waals surface area contributed by atoms with Crippen LogP contribution in [0.2, 0.25) is 0 Å². The highest BCUT2D eigenvalue weighted by Gasteiger charge is 2.22. The summed E-state index contributed by atoms with van der Waals surface area (Å²) in [5, 5.41) is 3.19. The van der Waals surface area contributed by atoms with Gasteiger partial charge < -0.3 is 19.9 Å². The highest BCUT2D eigenvalue weighted by molar-refractivity contribution is 6.11. The van der Waals surface area contributed by atoms with Gasteiger partial charge in [0, 0.05) is 10.9 Å². The third kappa shape index (κ3) is 3.91. The molecule has 0 saturated carbocycles. The third-order valence-corrected chi connectivity index (χ3v) is 3.92. The number of quaternary nitrogens is 1. The van der Waals surface area contributed by atoms with Crippen LogP contribution in [0.4, 0.5) is 10.1 Å². The van der Waals surface area contributed by atoms with Gasteiger partial charge in [0.1, 0.15) is 11.5 Å². The first-order valence-electron chi connectivity index (χ1n) is 8.11. The van der Waals surface area contributed by atoms with E-state index >= 15 is 0 Å². The predicted molar refractivity (Wildman–Crippen MR) is 89.8 cm³/mol. The molecule has 0 atom stereocenters. The summed E-state index contributed by atoms with van der Waals surface area (Å²) in [5.74, 6) is -1.26. The lowest BCUT2D eigenvalue weighted by molar-refractivity contribution is -0.888. The summed E-state index contributed by atoms with van der Waals surface area (Å²) >= 11 is 0. The molecule has 0 aliphatic carbocycles. The van der Waals surface area contributed by atoms with Crippen molar-refractivity contribution in [2.24, 2.45) is 0 Å². The van der Waals surface area contributed by atoms with Gasteiger partial charge in [-0.1, -0.05) is 0 Å². The number of halogens is 1. The van der Waals surface area contributed by atoms with Gasteiger partial charge in [0.25, 0.3) is 5.91 Å². The zero-order chi connectivity index (χ0) is 17.7. The molecule has 0 radical (unpaired) electrons. The van der Waals surface area contributed by atoms with Gasteiger partial charge in [-0.3, -0.25) is 4.79 Å². The van der Waals surface area contributed by atoms with E-state index in [2.05, 4.69) is 10.3 Å². The molecule has 0 bridgehead atoms. The number of aromatic amines is 1. The standard InChI is InChI=1S/C17H22FN3O3/c1-4-21(5-2)10-14(22)20-15-12-9-11(18)7-8-13(12)19-16(15)17(23)24-6-3/h7-9,19H,4-6,10H2,1-3H3,(H,20,22)/p+1. The van der Waals surface area contributed by atoms with Crippen LogP contribution in [0.25, 0.3) is 10.9 Å². The Kier molecular flexibility index (Phi) is 5.92. The summed E-state index contributed by atoms with van der Waals surface area (Å²) in [7, 11) is 0. The summed E-state index contributed by atoms with van der Waals surface area (Å²) in [6.45, 7) is 7.81. The number of nitrogens with one attached hydrogen (secondary N) is 3. The molecule has 0 spiro atoms. The largest absolute Gasteiger partial charge is 0.461 e. The Bertz CT molecular complexity index is 738. The first kappa shape index (κ1) is 17.9. The van der Waals surface area contributed by atoms with Gasteiger partial charge in [0.15, 0.2) is 6.54 Å². The lowest BCUT2D eigenvalue weighted by Crippen LogP contribution is -3.12. The van der Waals surface area contributed by atoms with E-state index in [4.69, 9.17) is 4.74 Å². The summed E-state index contributed by atoms with van der Waals surface area (Å²) < 4.78 is 18.6. The fourth-order valence-electron chi connectivity index (χ4n) is 2.56. The molecule has 1 aromatic carbocycles. The van der Waals surface area contributed by atoms with Gasteiger partial charge in [-0.25, -0.2) is 9.18 Å². The molecule has 2 aromatic rings. The number of esters is 1. The van der Waals surface area contributed by atoms with E-state index in [1.165, 1.54) is 18.2 Å². The number of carbonyl (C=O) groups is 2. The number of aromatic nitrogens is 1. The molecule has 1 heterocycles. The number of H-pyrrole nitrogens is 1. The minimum atomic E-state index is -0.584. The van der Waals surface area contributed by atoms with Crippen molar-refractivity contribution in [3.05, 3.63) is 29.7 Å². The Hall–Kier alpha value is -2.41. The van der Waals surface area contributed by atoms with Crippen molar-refractivity contribution in [1.82, 2.24) is 4.98 Å². The first-order valence-corrected chi connectivity index (χ1v) is 8.11. The number of carbonyl (C=O) groups excluding carboxylic acids is 2. The van der Waals surface area contributed by atoms with Gasteiger partial charge in [-0.15, -0.1) is 0 Å². The SMILES string of the molecule is CCOC(=O)c1[nH]c2ccc(F)cc2c1NC(=O)C[NH+](CC)CC. The molecule has 0 unspecified atom stereocenters. The Morgan fingerprint density at radius 2 is 1.96 bits per heavy atom. The molecule has 7 heteroatoms. The Morgan fingerprint density at radius 1 is 1.25 bits per heavy atom. The molecular formula is C17H23FN3O3+. The smallest absolute Gasteiger partial charge is 0.356 e. The monoisotopic (exact) mass is 336 g/mol. The second-order valence-electron chi connectivity index (χ2n) is 5.47. The summed E-state index contributed by atoms with van der Waals surface area (Å²) in [6, 6.07) is 4.10. The van der Waals surface area contributed by atoms with Gasteiger partial charge in [0.2, 0.25) is 0 Å². The Labute approximate surface area is 140 Å².